The van der Waals surface area contributed by atoms with E-state index in [-0.39, 0.29) is 6.09 Å². The highest BCUT2D eigenvalue weighted by atomic mass is 16.6. The molecule has 23 heavy (non-hydrogen) atoms. The van der Waals surface area contributed by atoms with Crippen LogP contribution in [0.4, 0.5) is 4.79 Å². The number of hydrogen-bond donors (Lipinski definition) is 0. The topological polar surface area (TPSA) is 48.0 Å². The summed E-state index contributed by atoms with van der Waals surface area (Å²) in [6, 6.07) is 7.62. The predicted molar refractivity (Wildman–Crippen MR) is 89.0 cm³/mol. The van der Waals surface area contributed by atoms with E-state index in [4.69, 9.17) is 14.2 Å². The van der Waals surface area contributed by atoms with Crippen molar-refractivity contribution in [2.75, 3.05) is 26.8 Å². The minimum Gasteiger partial charge on any atom is -0.497 e. The molecule has 1 amide bonds. The number of likely N-dealkylation sites (tertiary alicyclic amines) is 1. The lowest BCUT2D eigenvalue weighted by atomic mass is 9.98. The Labute approximate surface area is 138 Å². The van der Waals surface area contributed by atoms with Crippen molar-refractivity contribution in [2.24, 2.45) is 5.92 Å². The Morgan fingerprint density at radius 1 is 1.22 bits per heavy atom. The first-order valence-electron chi connectivity index (χ1n) is 8.12. The Morgan fingerprint density at radius 3 is 2.48 bits per heavy atom. The lowest BCUT2D eigenvalue weighted by molar-refractivity contribution is 0.0165. The number of piperidine rings is 1. The third-order valence-corrected chi connectivity index (χ3v) is 3.79. The molecule has 0 atom stereocenters. The van der Waals surface area contributed by atoms with Gasteiger partial charge in [-0.05, 0) is 51.7 Å². The van der Waals surface area contributed by atoms with E-state index in [0.717, 1.165) is 37.4 Å². The first-order chi connectivity index (χ1) is 10.9. The first-order valence-corrected chi connectivity index (χ1v) is 8.12. The molecule has 1 aliphatic rings. The Balaban J connectivity index is 1.75. The van der Waals surface area contributed by atoms with E-state index in [2.05, 4.69) is 0 Å². The van der Waals surface area contributed by atoms with E-state index in [1.807, 2.05) is 45.0 Å². The number of benzene rings is 1. The number of hydrogen-bond acceptors (Lipinski definition) is 4. The van der Waals surface area contributed by atoms with Gasteiger partial charge in [-0.2, -0.15) is 0 Å². The van der Waals surface area contributed by atoms with Gasteiger partial charge in [-0.15, -0.1) is 0 Å². The van der Waals surface area contributed by atoms with Crippen molar-refractivity contribution in [1.82, 2.24) is 4.90 Å². The summed E-state index contributed by atoms with van der Waals surface area (Å²) in [6.07, 6.45) is 1.65. The van der Waals surface area contributed by atoms with Crippen molar-refractivity contribution in [3.05, 3.63) is 24.3 Å². The number of carbonyl (C=O) groups is 1. The van der Waals surface area contributed by atoms with Gasteiger partial charge < -0.3 is 19.1 Å². The zero-order chi connectivity index (χ0) is 16.9. The van der Waals surface area contributed by atoms with Gasteiger partial charge in [-0.3, -0.25) is 0 Å². The van der Waals surface area contributed by atoms with Crippen molar-refractivity contribution in [3.8, 4) is 11.5 Å². The standard InChI is InChI=1S/C18H27NO4/c1-18(2,3)23-17(20)19-10-8-14(9-11-19)13-22-16-7-5-6-15(12-16)21-4/h5-7,12,14H,8-11,13H2,1-4H3. The number of ether oxygens (including phenoxy) is 3. The van der Waals surface area contributed by atoms with Crippen LogP contribution in [0.5, 0.6) is 11.5 Å². The second-order valence-electron chi connectivity index (χ2n) is 6.90. The lowest BCUT2D eigenvalue weighted by Gasteiger charge is -2.33. The molecule has 1 fully saturated rings. The van der Waals surface area contributed by atoms with E-state index in [9.17, 15) is 4.79 Å². The molecule has 1 saturated heterocycles. The minimum atomic E-state index is -0.441. The number of methoxy groups -OCH3 is 1. The van der Waals surface area contributed by atoms with Gasteiger partial charge in [0.05, 0.1) is 13.7 Å². The van der Waals surface area contributed by atoms with Gasteiger partial charge in [0.1, 0.15) is 17.1 Å². The summed E-state index contributed by atoms with van der Waals surface area (Å²) in [5.74, 6) is 2.07. The quantitative estimate of drug-likeness (QED) is 0.848. The molecule has 0 unspecified atom stereocenters. The van der Waals surface area contributed by atoms with Crippen LogP contribution in [-0.4, -0.2) is 43.4 Å². The molecule has 1 heterocycles. The summed E-state index contributed by atoms with van der Waals surface area (Å²) in [6.45, 7) is 7.77. The highest BCUT2D eigenvalue weighted by molar-refractivity contribution is 5.68. The van der Waals surface area contributed by atoms with Crippen molar-refractivity contribution in [3.63, 3.8) is 0 Å². The van der Waals surface area contributed by atoms with E-state index < -0.39 is 5.60 Å². The first kappa shape index (κ1) is 17.4. The Bertz CT molecular complexity index is 516. The molecule has 1 aromatic carbocycles. The van der Waals surface area contributed by atoms with Gasteiger partial charge in [0.15, 0.2) is 0 Å². The molecule has 0 aliphatic carbocycles. The van der Waals surface area contributed by atoms with Gasteiger partial charge in [-0.25, -0.2) is 4.79 Å². The van der Waals surface area contributed by atoms with Crippen LogP contribution < -0.4 is 9.47 Å². The van der Waals surface area contributed by atoms with Crippen LogP contribution in [0.3, 0.4) is 0 Å². The molecule has 0 saturated carbocycles. The van der Waals surface area contributed by atoms with E-state index in [1.165, 1.54) is 0 Å². The second kappa shape index (κ2) is 7.57. The largest absolute Gasteiger partial charge is 0.497 e. The zero-order valence-electron chi connectivity index (χ0n) is 14.5. The van der Waals surface area contributed by atoms with Crippen LogP contribution in [0.2, 0.25) is 0 Å². The predicted octanol–water partition coefficient (Wildman–Crippen LogP) is 3.72. The van der Waals surface area contributed by atoms with Crippen LogP contribution in [-0.2, 0) is 4.74 Å². The molecule has 2 rings (SSSR count). The number of amides is 1. The molecule has 128 valence electrons. The highest BCUT2D eigenvalue weighted by Gasteiger charge is 2.27. The molecular weight excluding hydrogens is 294 g/mol. The molecule has 0 spiro atoms. The average Bonchev–Trinajstić information content (AvgIpc) is 2.52. The smallest absolute Gasteiger partial charge is 0.410 e. The summed E-state index contributed by atoms with van der Waals surface area (Å²) in [7, 11) is 1.64. The summed E-state index contributed by atoms with van der Waals surface area (Å²) in [5, 5.41) is 0. The Hall–Kier alpha value is -1.91. The maximum absolute atomic E-state index is 12.0. The molecule has 0 bridgehead atoms. The average molecular weight is 321 g/mol. The second-order valence-corrected chi connectivity index (χ2v) is 6.90. The summed E-state index contributed by atoms with van der Waals surface area (Å²) >= 11 is 0. The minimum absolute atomic E-state index is 0.218. The molecule has 5 nitrogen and oxygen atoms in total. The fraction of sp³-hybridized carbons (Fsp3) is 0.611. The maximum Gasteiger partial charge on any atom is 0.410 e. The molecular formula is C18H27NO4. The summed E-state index contributed by atoms with van der Waals surface area (Å²) in [5.41, 5.74) is -0.441. The summed E-state index contributed by atoms with van der Waals surface area (Å²) < 4.78 is 16.4. The monoisotopic (exact) mass is 321 g/mol. The third-order valence-electron chi connectivity index (χ3n) is 3.79. The van der Waals surface area contributed by atoms with Crippen LogP contribution in [0, 0.1) is 5.92 Å². The van der Waals surface area contributed by atoms with Gasteiger partial charge >= 0.3 is 6.09 Å². The molecule has 0 aromatic heterocycles. The Kier molecular flexibility index (Phi) is 5.74. The Morgan fingerprint density at radius 2 is 1.87 bits per heavy atom. The van der Waals surface area contributed by atoms with Gasteiger partial charge in [0, 0.05) is 19.2 Å². The van der Waals surface area contributed by atoms with E-state index in [0.29, 0.717) is 12.5 Å². The van der Waals surface area contributed by atoms with Crippen molar-refractivity contribution < 1.29 is 19.0 Å². The third kappa shape index (κ3) is 5.66. The van der Waals surface area contributed by atoms with E-state index >= 15 is 0 Å². The molecule has 1 aliphatic heterocycles. The normalized spacial score (nSPS) is 16.1. The van der Waals surface area contributed by atoms with Crippen LogP contribution in [0.15, 0.2) is 24.3 Å². The van der Waals surface area contributed by atoms with Crippen LogP contribution in [0.25, 0.3) is 0 Å². The number of rotatable bonds is 4. The van der Waals surface area contributed by atoms with Crippen molar-refractivity contribution >= 4 is 6.09 Å². The zero-order valence-corrected chi connectivity index (χ0v) is 14.5. The molecule has 0 N–H and O–H groups in total. The lowest BCUT2D eigenvalue weighted by Crippen LogP contribution is -2.42. The van der Waals surface area contributed by atoms with Crippen LogP contribution >= 0.6 is 0 Å². The highest BCUT2D eigenvalue weighted by Crippen LogP contribution is 2.23. The molecule has 1 aromatic rings. The van der Waals surface area contributed by atoms with Crippen molar-refractivity contribution in [2.45, 2.75) is 39.2 Å². The fourth-order valence-electron chi connectivity index (χ4n) is 2.51. The maximum atomic E-state index is 12.0. The fourth-order valence-corrected chi connectivity index (χ4v) is 2.51. The molecule has 5 heteroatoms. The SMILES string of the molecule is COc1cccc(OCC2CCN(C(=O)OC(C)(C)C)CC2)c1. The van der Waals surface area contributed by atoms with Gasteiger partial charge in [-0.1, -0.05) is 6.07 Å². The molecule has 0 radical (unpaired) electrons. The summed E-state index contributed by atoms with van der Waals surface area (Å²) in [4.78, 5) is 13.8. The van der Waals surface area contributed by atoms with Crippen LogP contribution in [0.1, 0.15) is 33.6 Å². The van der Waals surface area contributed by atoms with E-state index in [1.54, 1.807) is 12.0 Å². The van der Waals surface area contributed by atoms with Gasteiger partial charge in [0.2, 0.25) is 0 Å². The number of nitrogens with zero attached hydrogens (tertiary/aromatic N) is 1. The van der Waals surface area contributed by atoms with Gasteiger partial charge in [0.25, 0.3) is 0 Å². The van der Waals surface area contributed by atoms with Crippen molar-refractivity contribution in [1.29, 1.82) is 0 Å². The number of carbonyl (C=O) groups excluding carboxylic acids is 1.